The molecule has 0 saturated carbocycles. The van der Waals surface area contributed by atoms with E-state index in [2.05, 4.69) is 17.0 Å². The highest BCUT2D eigenvalue weighted by atomic mass is 16.5. The first-order chi connectivity index (χ1) is 6.70. The van der Waals surface area contributed by atoms with E-state index in [4.69, 9.17) is 9.84 Å². The van der Waals surface area contributed by atoms with E-state index >= 15 is 0 Å². The summed E-state index contributed by atoms with van der Waals surface area (Å²) in [4.78, 5) is 2.11. The van der Waals surface area contributed by atoms with Crippen LogP contribution >= 0.6 is 0 Å². The lowest BCUT2D eigenvalue weighted by molar-refractivity contribution is 0.113. The van der Waals surface area contributed by atoms with Crippen molar-refractivity contribution in [2.24, 2.45) is 0 Å². The number of anilines is 1. The number of nitrogens with zero attached hydrogens (tertiary/aromatic N) is 1. The van der Waals surface area contributed by atoms with E-state index in [1.54, 1.807) is 0 Å². The minimum absolute atomic E-state index is 0.0672. The van der Waals surface area contributed by atoms with E-state index in [0.717, 1.165) is 18.0 Å². The van der Waals surface area contributed by atoms with Gasteiger partial charge in [0, 0.05) is 7.05 Å². The quantitative estimate of drug-likeness (QED) is 0.727. The number of fused-ring (bicyclic) bond motifs is 1. The summed E-state index contributed by atoms with van der Waals surface area (Å²) in [6, 6.07) is 6.13. The first-order valence-electron chi connectivity index (χ1n) is 4.80. The molecule has 0 amide bonds. The van der Waals surface area contributed by atoms with Crippen LogP contribution in [0.15, 0.2) is 18.2 Å². The van der Waals surface area contributed by atoms with Crippen LogP contribution in [-0.4, -0.2) is 31.4 Å². The zero-order valence-electron chi connectivity index (χ0n) is 8.53. The van der Waals surface area contributed by atoms with Gasteiger partial charge in [0.15, 0.2) is 0 Å². The Hall–Kier alpha value is -1.22. The molecule has 1 N–H and O–H groups in total. The molecule has 1 aromatic rings. The lowest BCUT2D eigenvalue weighted by Gasteiger charge is -2.33. The van der Waals surface area contributed by atoms with Crippen molar-refractivity contribution in [3.05, 3.63) is 23.8 Å². The molecule has 1 unspecified atom stereocenters. The maximum atomic E-state index is 9.05. The van der Waals surface area contributed by atoms with Gasteiger partial charge in [-0.2, -0.15) is 0 Å². The smallest absolute Gasteiger partial charge is 0.143 e. The average Bonchev–Trinajstić information content (AvgIpc) is 2.16. The highest BCUT2D eigenvalue weighted by Crippen LogP contribution is 2.32. The Labute approximate surface area is 83.9 Å². The number of likely N-dealkylation sites (N-methyl/N-ethyl adjacent to an activating group) is 1. The van der Waals surface area contributed by atoms with E-state index < -0.39 is 0 Å². The Balaban J connectivity index is 2.35. The van der Waals surface area contributed by atoms with Gasteiger partial charge < -0.3 is 14.7 Å². The molecule has 0 bridgehead atoms. The topological polar surface area (TPSA) is 32.7 Å². The molecule has 1 aliphatic rings. The zero-order chi connectivity index (χ0) is 10.1. The number of aliphatic hydroxyl groups excluding tert-OH is 1. The molecule has 76 valence electrons. The molecule has 1 aliphatic heterocycles. The summed E-state index contributed by atoms with van der Waals surface area (Å²) in [5.74, 6) is 0.873. The molecule has 0 saturated heterocycles. The molecular formula is C11H15NO2. The number of ether oxygens (including phenoxy) is 1. The molecule has 3 heteroatoms. The lowest BCUT2D eigenvalue weighted by Crippen LogP contribution is -2.39. The molecule has 0 spiro atoms. The van der Waals surface area contributed by atoms with Gasteiger partial charge in [0.2, 0.25) is 0 Å². The summed E-state index contributed by atoms with van der Waals surface area (Å²) in [6.45, 7) is 2.84. The van der Waals surface area contributed by atoms with Gasteiger partial charge in [0.25, 0.3) is 0 Å². The molecule has 14 heavy (non-hydrogen) atoms. The van der Waals surface area contributed by atoms with Gasteiger partial charge in [-0.1, -0.05) is 6.07 Å². The second-order valence-electron chi connectivity index (χ2n) is 3.77. The monoisotopic (exact) mass is 193 g/mol. The summed E-state index contributed by atoms with van der Waals surface area (Å²) in [6.07, 6.45) is -0.103. The van der Waals surface area contributed by atoms with Crippen molar-refractivity contribution in [1.82, 2.24) is 0 Å². The first kappa shape index (κ1) is 9.34. The summed E-state index contributed by atoms with van der Waals surface area (Å²) in [7, 11) is 2.01. The van der Waals surface area contributed by atoms with Crippen LogP contribution in [0.4, 0.5) is 5.69 Å². The summed E-state index contributed by atoms with van der Waals surface area (Å²) in [5.41, 5.74) is 2.27. The van der Waals surface area contributed by atoms with Crippen molar-refractivity contribution >= 4 is 5.69 Å². The summed E-state index contributed by atoms with van der Waals surface area (Å²) in [5, 5.41) is 9.05. The van der Waals surface area contributed by atoms with Crippen LogP contribution in [0.1, 0.15) is 5.56 Å². The number of rotatable bonds is 1. The van der Waals surface area contributed by atoms with Crippen molar-refractivity contribution in [2.75, 3.05) is 25.1 Å². The number of aryl methyl sites for hydroxylation is 1. The van der Waals surface area contributed by atoms with Crippen LogP contribution in [0, 0.1) is 6.92 Å². The van der Waals surface area contributed by atoms with E-state index in [-0.39, 0.29) is 12.7 Å². The van der Waals surface area contributed by atoms with E-state index in [9.17, 15) is 0 Å². The van der Waals surface area contributed by atoms with Crippen LogP contribution in [-0.2, 0) is 0 Å². The molecule has 0 aromatic heterocycles. The molecule has 2 rings (SSSR count). The molecule has 1 aromatic carbocycles. The molecule has 1 atom stereocenters. The number of hydrogen-bond acceptors (Lipinski definition) is 3. The third-order valence-electron chi connectivity index (χ3n) is 2.50. The lowest BCUT2D eigenvalue weighted by atomic mass is 10.1. The second-order valence-corrected chi connectivity index (χ2v) is 3.77. The molecular weight excluding hydrogens is 178 g/mol. The fraction of sp³-hybridized carbons (Fsp3) is 0.455. The molecule has 0 aliphatic carbocycles. The average molecular weight is 193 g/mol. The van der Waals surface area contributed by atoms with E-state index in [1.807, 2.05) is 20.0 Å². The van der Waals surface area contributed by atoms with E-state index in [0.29, 0.717) is 0 Å². The van der Waals surface area contributed by atoms with Crippen LogP contribution in [0.3, 0.4) is 0 Å². The molecule has 0 radical (unpaired) electrons. The van der Waals surface area contributed by atoms with Gasteiger partial charge >= 0.3 is 0 Å². The fourth-order valence-electron chi connectivity index (χ4n) is 1.75. The number of benzene rings is 1. The Kier molecular flexibility index (Phi) is 2.33. The Morgan fingerprint density at radius 1 is 1.57 bits per heavy atom. The highest BCUT2D eigenvalue weighted by Gasteiger charge is 2.22. The van der Waals surface area contributed by atoms with Crippen molar-refractivity contribution in [1.29, 1.82) is 0 Å². The normalized spacial score (nSPS) is 20.2. The largest absolute Gasteiger partial charge is 0.484 e. The standard InChI is InChI=1S/C11H15NO2/c1-8-3-4-10-11(5-8)14-9(7-13)6-12(10)2/h3-5,9,13H,6-7H2,1-2H3. The Bertz CT molecular complexity index is 338. The maximum Gasteiger partial charge on any atom is 0.143 e. The summed E-state index contributed by atoms with van der Waals surface area (Å²) < 4.78 is 5.64. The third kappa shape index (κ3) is 1.55. The predicted molar refractivity (Wildman–Crippen MR) is 56.0 cm³/mol. The van der Waals surface area contributed by atoms with Gasteiger partial charge in [-0.15, -0.1) is 0 Å². The molecule has 3 nitrogen and oxygen atoms in total. The van der Waals surface area contributed by atoms with Crippen LogP contribution in [0.2, 0.25) is 0 Å². The number of aliphatic hydroxyl groups is 1. The third-order valence-corrected chi connectivity index (χ3v) is 2.50. The predicted octanol–water partition coefficient (Wildman–Crippen LogP) is 1.18. The minimum atomic E-state index is -0.103. The van der Waals surface area contributed by atoms with Gasteiger partial charge in [0.1, 0.15) is 11.9 Å². The van der Waals surface area contributed by atoms with Crippen molar-refractivity contribution < 1.29 is 9.84 Å². The van der Waals surface area contributed by atoms with E-state index in [1.165, 1.54) is 5.56 Å². The maximum absolute atomic E-state index is 9.05. The van der Waals surface area contributed by atoms with Crippen LogP contribution in [0.5, 0.6) is 5.75 Å². The van der Waals surface area contributed by atoms with Crippen molar-refractivity contribution in [2.45, 2.75) is 13.0 Å². The van der Waals surface area contributed by atoms with Crippen molar-refractivity contribution in [3.8, 4) is 5.75 Å². The molecule has 0 fully saturated rings. The first-order valence-corrected chi connectivity index (χ1v) is 4.80. The fourth-order valence-corrected chi connectivity index (χ4v) is 1.75. The van der Waals surface area contributed by atoms with Gasteiger partial charge in [0.05, 0.1) is 18.8 Å². The Morgan fingerprint density at radius 2 is 2.36 bits per heavy atom. The van der Waals surface area contributed by atoms with Gasteiger partial charge in [-0.3, -0.25) is 0 Å². The molecule has 1 heterocycles. The van der Waals surface area contributed by atoms with Gasteiger partial charge in [-0.05, 0) is 24.6 Å². The Morgan fingerprint density at radius 3 is 3.07 bits per heavy atom. The zero-order valence-corrected chi connectivity index (χ0v) is 8.53. The second kappa shape index (κ2) is 3.50. The van der Waals surface area contributed by atoms with Crippen LogP contribution in [0.25, 0.3) is 0 Å². The minimum Gasteiger partial charge on any atom is -0.484 e. The SMILES string of the molecule is Cc1ccc2c(c1)OC(CO)CN2C. The number of hydrogen-bond donors (Lipinski definition) is 1. The van der Waals surface area contributed by atoms with Crippen LogP contribution < -0.4 is 9.64 Å². The van der Waals surface area contributed by atoms with Gasteiger partial charge in [-0.25, -0.2) is 0 Å². The van der Waals surface area contributed by atoms with Crippen molar-refractivity contribution in [3.63, 3.8) is 0 Å². The summed E-state index contributed by atoms with van der Waals surface area (Å²) >= 11 is 0. The highest BCUT2D eigenvalue weighted by molar-refractivity contribution is 5.60.